The van der Waals surface area contributed by atoms with Gasteiger partial charge in [0.1, 0.15) is 5.52 Å². The molecule has 1 N–H and O–H groups in total. The molecular formula is C14H16Cl2N2O. The van der Waals surface area contributed by atoms with Gasteiger partial charge in [0.2, 0.25) is 0 Å². The van der Waals surface area contributed by atoms with Gasteiger partial charge in [-0.25, -0.2) is 4.98 Å². The van der Waals surface area contributed by atoms with Crippen LogP contribution in [0.3, 0.4) is 0 Å². The van der Waals surface area contributed by atoms with E-state index in [0.29, 0.717) is 21.7 Å². The van der Waals surface area contributed by atoms with Gasteiger partial charge >= 0.3 is 0 Å². The van der Waals surface area contributed by atoms with Gasteiger partial charge in [-0.1, -0.05) is 29.6 Å². The minimum Gasteiger partial charge on any atom is -0.439 e. The SMILES string of the molecule is Clc1cc(Cl)c2oc(CCC3CCCCN3)nc2c1. The van der Waals surface area contributed by atoms with Crippen LogP contribution in [0.25, 0.3) is 11.1 Å². The fourth-order valence-electron chi connectivity index (χ4n) is 2.58. The number of nitrogens with zero attached hydrogens (tertiary/aromatic N) is 1. The molecule has 0 aliphatic carbocycles. The van der Waals surface area contributed by atoms with E-state index in [1.54, 1.807) is 12.1 Å². The van der Waals surface area contributed by atoms with Crippen molar-refractivity contribution in [2.75, 3.05) is 6.54 Å². The number of nitrogens with one attached hydrogen (secondary N) is 1. The van der Waals surface area contributed by atoms with Crippen molar-refractivity contribution >= 4 is 34.3 Å². The fraction of sp³-hybridized carbons (Fsp3) is 0.500. The number of aryl methyl sites for hydroxylation is 1. The lowest BCUT2D eigenvalue weighted by molar-refractivity contribution is 0.371. The summed E-state index contributed by atoms with van der Waals surface area (Å²) >= 11 is 12.0. The van der Waals surface area contributed by atoms with Crippen LogP contribution in [-0.4, -0.2) is 17.6 Å². The maximum Gasteiger partial charge on any atom is 0.195 e. The third kappa shape index (κ3) is 3.04. The Bertz CT molecular complexity index is 576. The van der Waals surface area contributed by atoms with Crippen molar-refractivity contribution in [2.24, 2.45) is 0 Å². The predicted molar refractivity (Wildman–Crippen MR) is 78.0 cm³/mol. The Labute approximate surface area is 122 Å². The first kappa shape index (κ1) is 13.2. The topological polar surface area (TPSA) is 38.1 Å². The first-order chi connectivity index (χ1) is 9.22. The van der Waals surface area contributed by atoms with Gasteiger partial charge in [-0.05, 0) is 37.9 Å². The number of oxazole rings is 1. The number of aromatic nitrogens is 1. The highest BCUT2D eigenvalue weighted by atomic mass is 35.5. The lowest BCUT2D eigenvalue weighted by Gasteiger charge is -2.22. The van der Waals surface area contributed by atoms with E-state index in [1.807, 2.05) is 0 Å². The van der Waals surface area contributed by atoms with Crippen LogP contribution in [0.15, 0.2) is 16.5 Å². The maximum absolute atomic E-state index is 6.09. The summed E-state index contributed by atoms with van der Waals surface area (Å²) in [6, 6.07) is 4.06. The third-order valence-corrected chi connectivity index (χ3v) is 4.07. The molecule has 2 heterocycles. The molecule has 3 rings (SSSR count). The van der Waals surface area contributed by atoms with Crippen molar-refractivity contribution in [3.8, 4) is 0 Å². The van der Waals surface area contributed by atoms with Crippen LogP contribution in [0.1, 0.15) is 31.6 Å². The van der Waals surface area contributed by atoms with Gasteiger partial charge in [0.25, 0.3) is 0 Å². The van der Waals surface area contributed by atoms with Crippen LogP contribution < -0.4 is 5.32 Å². The second-order valence-electron chi connectivity index (χ2n) is 5.03. The van der Waals surface area contributed by atoms with Gasteiger partial charge in [-0.15, -0.1) is 0 Å². The number of hydrogen-bond acceptors (Lipinski definition) is 3. The highest BCUT2D eigenvalue weighted by Gasteiger charge is 2.15. The predicted octanol–water partition coefficient (Wildman–Crippen LogP) is 4.21. The third-order valence-electron chi connectivity index (χ3n) is 3.57. The molecule has 0 spiro atoms. The molecule has 1 unspecified atom stereocenters. The molecule has 1 saturated heterocycles. The van der Waals surface area contributed by atoms with E-state index in [-0.39, 0.29) is 0 Å². The molecule has 5 heteroatoms. The minimum absolute atomic E-state index is 0.525. The molecule has 2 aromatic rings. The Hall–Kier alpha value is -0.770. The van der Waals surface area contributed by atoms with Gasteiger partial charge in [-0.3, -0.25) is 0 Å². The summed E-state index contributed by atoms with van der Waals surface area (Å²) in [7, 11) is 0. The van der Waals surface area contributed by atoms with Crippen LogP contribution in [0.4, 0.5) is 0 Å². The standard InChI is InChI=1S/C14H16Cl2N2O/c15-9-7-11(16)14-12(8-9)18-13(19-14)5-4-10-3-1-2-6-17-10/h7-8,10,17H,1-6H2. The summed E-state index contributed by atoms with van der Waals surface area (Å²) in [5.74, 6) is 0.742. The molecule has 1 aliphatic heterocycles. The normalized spacial score (nSPS) is 20.0. The molecule has 102 valence electrons. The summed E-state index contributed by atoms with van der Waals surface area (Å²) in [6.45, 7) is 1.12. The second-order valence-corrected chi connectivity index (χ2v) is 5.87. The Morgan fingerprint density at radius 1 is 1.32 bits per heavy atom. The van der Waals surface area contributed by atoms with Gasteiger partial charge in [0, 0.05) is 17.5 Å². The molecule has 1 fully saturated rings. The van der Waals surface area contributed by atoms with Crippen molar-refractivity contribution in [2.45, 2.75) is 38.1 Å². The van der Waals surface area contributed by atoms with E-state index in [0.717, 1.165) is 30.8 Å². The van der Waals surface area contributed by atoms with Crippen LogP contribution in [0.5, 0.6) is 0 Å². The quantitative estimate of drug-likeness (QED) is 0.922. The number of benzene rings is 1. The Balaban J connectivity index is 1.72. The summed E-state index contributed by atoms with van der Waals surface area (Å²) in [6.07, 6.45) is 5.73. The van der Waals surface area contributed by atoms with E-state index < -0.39 is 0 Å². The Kier molecular flexibility index (Phi) is 3.96. The average Bonchev–Trinajstić information content (AvgIpc) is 2.81. The first-order valence-electron chi connectivity index (χ1n) is 6.70. The molecule has 0 bridgehead atoms. The molecular weight excluding hydrogens is 283 g/mol. The number of rotatable bonds is 3. The lowest BCUT2D eigenvalue weighted by atomic mass is 10.0. The summed E-state index contributed by atoms with van der Waals surface area (Å²) in [4.78, 5) is 4.46. The molecule has 0 saturated carbocycles. The highest BCUT2D eigenvalue weighted by Crippen LogP contribution is 2.29. The average molecular weight is 299 g/mol. The Morgan fingerprint density at radius 3 is 3.00 bits per heavy atom. The zero-order valence-corrected chi connectivity index (χ0v) is 12.1. The number of fused-ring (bicyclic) bond motifs is 1. The summed E-state index contributed by atoms with van der Waals surface area (Å²) < 4.78 is 5.72. The zero-order valence-electron chi connectivity index (χ0n) is 10.6. The molecule has 3 nitrogen and oxygen atoms in total. The van der Waals surface area contributed by atoms with Crippen LogP contribution in [0, 0.1) is 0 Å². The number of hydrogen-bond donors (Lipinski definition) is 1. The van der Waals surface area contributed by atoms with Gasteiger partial charge < -0.3 is 9.73 Å². The molecule has 0 radical (unpaired) electrons. The van der Waals surface area contributed by atoms with Crippen molar-refractivity contribution in [3.05, 3.63) is 28.1 Å². The van der Waals surface area contributed by atoms with Crippen LogP contribution >= 0.6 is 23.2 Å². The van der Waals surface area contributed by atoms with E-state index >= 15 is 0 Å². The zero-order chi connectivity index (χ0) is 13.2. The van der Waals surface area contributed by atoms with Crippen molar-refractivity contribution in [3.63, 3.8) is 0 Å². The second kappa shape index (κ2) is 5.70. The van der Waals surface area contributed by atoms with Gasteiger partial charge in [0.05, 0.1) is 5.02 Å². The molecule has 0 amide bonds. The van der Waals surface area contributed by atoms with E-state index in [4.69, 9.17) is 27.6 Å². The number of halogens is 2. The lowest BCUT2D eigenvalue weighted by Crippen LogP contribution is -2.34. The molecule has 1 aromatic carbocycles. The summed E-state index contributed by atoms with van der Waals surface area (Å²) in [5, 5.41) is 4.64. The maximum atomic E-state index is 6.09. The van der Waals surface area contributed by atoms with Gasteiger partial charge in [-0.2, -0.15) is 0 Å². The molecule has 1 aliphatic rings. The van der Waals surface area contributed by atoms with E-state index in [9.17, 15) is 0 Å². The highest BCUT2D eigenvalue weighted by molar-refractivity contribution is 6.37. The first-order valence-corrected chi connectivity index (χ1v) is 7.46. The number of piperidine rings is 1. The van der Waals surface area contributed by atoms with Crippen molar-refractivity contribution in [1.82, 2.24) is 10.3 Å². The van der Waals surface area contributed by atoms with Crippen molar-refractivity contribution < 1.29 is 4.42 Å². The molecule has 1 aromatic heterocycles. The fourth-order valence-corrected chi connectivity index (χ4v) is 3.10. The van der Waals surface area contributed by atoms with E-state index in [2.05, 4.69) is 10.3 Å². The molecule has 1 atom stereocenters. The van der Waals surface area contributed by atoms with E-state index in [1.165, 1.54) is 19.3 Å². The summed E-state index contributed by atoms with van der Waals surface area (Å²) in [5.41, 5.74) is 1.38. The van der Waals surface area contributed by atoms with Crippen molar-refractivity contribution in [1.29, 1.82) is 0 Å². The largest absolute Gasteiger partial charge is 0.439 e. The van der Waals surface area contributed by atoms with Crippen LogP contribution in [-0.2, 0) is 6.42 Å². The molecule has 19 heavy (non-hydrogen) atoms. The van der Waals surface area contributed by atoms with Gasteiger partial charge in [0.15, 0.2) is 11.5 Å². The Morgan fingerprint density at radius 2 is 2.21 bits per heavy atom. The minimum atomic E-state index is 0.525. The smallest absolute Gasteiger partial charge is 0.195 e. The van der Waals surface area contributed by atoms with Crippen LogP contribution in [0.2, 0.25) is 10.0 Å². The monoisotopic (exact) mass is 298 g/mol.